The second kappa shape index (κ2) is 9.50. The molecule has 4 rings (SSSR count). The van der Waals surface area contributed by atoms with Crippen molar-refractivity contribution in [3.05, 3.63) is 65.0 Å². The third kappa shape index (κ3) is 4.58. The van der Waals surface area contributed by atoms with Crippen LogP contribution in [0, 0.1) is 5.82 Å². The van der Waals surface area contributed by atoms with Crippen LogP contribution in [0.3, 0.4) is 0 Å². The molecule has 0 radical (unpaired) electrons. The summed E-state index contributed by atoms with van der Waals surface area (Å²) in [6.45, 7) is 3.61. The molecule has 2 aliphatic heterocycles. The average molecular weight is 425 g/mol. The quantitative estimate of drug-likeness (QED) is 0.699. The van der Waals surface area contributed by atoms with E-state index in [0.29, 0.717) is 35.9 Å². The van der Waals surface area contributed by atoms with Crippen LogP contribution in [0.5, 0.6) is 5.75 Å². The van der Waals surface area contributed by atoms with Crippen molar-refractivity contribution in [2.75, 3.05) is 19.7 Å². The topological polar surface area (TPSA) is 49.9 Å². The Morgan fingerprint density at radius 2 is 1.97 bits per heavy atom. The normalized spacial score (nSPS) is 18.6. The third-order valence-corrected chi connectivity index (χ3v) is 6.37. The van der Waals surface area contributed by atoms with E-state index in [1.54, 1.807) is 35.2 Å². The summed E-state index contributed by atoms with van der Waals surface area (Å²) in [7, 11) is 0. The van der Waals surface area contributed by atoms with Gasteiger partial charge >= 0.3 is 0 Å². The lowest BCUT2D eigenvalue weighted by Crippen LogP contribution is -2.45. The first kappa shape index (κ1) is 21.3. The van der Waals surface area contributed by atoms with Crippen molar-refractivity contribution in [2.45, 2.75) is 51.6 Å². The smallest absolute Gasteiger partial charge is 0.260 e. The molecule has 0 spiro atoms. The van der Waals surface area contributed by atoms with Crippen LogP contribution in [0.25, 0.3) is 0 Å². The molecule has 1 fully saturated rings. The Bertz CT molecular complexity index is 962. The number of hydrogen-bond acceptors (Lipinski definition) is 3. The van der Waals surface area contributed by atoms with Gasteiger partial charge in [-0.1, -0.05) is 31.2 Å². The van der Waals surface area contributed by atoms with Crippen molar-refractivity contribution in [3.63, 3.8) is 0 Å². The largest absolute Gasteiger partial charge is 0.483 e. The van der Waals surface area contributed by atoms with Crippen molar-refractivity contribution in [1.82, 2.24) is 9.80 Å². The Labute approximate surface area is 182 Å². The molecule has 0 bridgehead atoms. The Balaban J connectivity index is 1.44. The minimum atomic E-state index is -0.306. The van der Waals surface area contributed by atoms with Gasteiger partial charge < -0.3 is 14.5 Å². The number of likely N-dealkylation sites (tertiary alicyclic amines) is 1. The summed E-state index contributed by atoms with van der Waals surface area (Å²) in [5, 5.41) is 0. The molecule has 5 nitrogen and oxygen atoms in total. The zero-order valence-corrected chi connectivity index (χ0v) is 18.0. The van der Waals surface area contributed by atoms with Crippen LogP contribution >= 0.6 is 0 Å². The fraction of sp³-hybridized carbons (Fsp3) is 0.440. The Hall–Kier alpha value is -2.89. The molecule has 2 aromatic carbocycles. The monoisotopic (exact) mass is 424 g/mol. The van der Waals surface area contributed by atoms with Crippen LogP contribution in [0.2, 0.25) is 0 Å². The molecule has 2 aliphatic rings. The highest BCUT2D eigenvalue weighted by Gasteiger charge is 2.29. The summed E-state index contributed by atoms with van der Waals surface area (Å²) >= 11 is 0. The fourth-order valence-electron chi connectivity index (χ4n) is 4.64. The number of amides is 2. The summed E-state index contributed by atoms with van der Waals surface area (Å²) in [6.07, 6.45) is 4.82. The predicted octanol–water partition coefficient (Wildman–Crippen LogP) is 4.19. The van der Waals surface area contributed by atoms with Crippen molar-refractivity contribution < 1.29 is 18.7 Å². The summed E-state index contributed by atoms with van der Waals surface area (Å²) in [5.74, 6) is 0.158. The lowest BCUT2D eigenvalue weighted by molar-refractivity contribution is -0.137. The number of hydrogen-bond donors (Lipinski definition) is 0. The Kier molecular flexibility index (Phi) is 6.54. The van der Waals surface area contributed by atoms with Crippen LogP contribution in [0.15, 0.2) is 42.5 Å². The van der Waals surface area contributed by atoms with Crippen molar-refractivity contribution in [1.29, 1.82) is 0 Å². The van der Waals surface area contributed by atoms with Crippen LogP contribution in [0.4, 0.5) is 4.39 Å². The van der Waals surface area contributed by atoms with Gasteiger partial charge in [-0.15, -0.1) is 0 Å². The maximum Gasteiger partial charge on any atom is 0.260 e. The van der Waals surface area contributed by atoms with E-state index in [9.17, 15) is 14.0 Å². The Morgan fingerprint density at radius 1 is 1.13 bits per heavy atom. The van der Waals surface area contributed by atoms with Gasteiger partial charge in [-0.05, 0) is 50.3 Å². The first-order valence-electron chi connectivity index (χ1n) is 11.1. The molecule has 164 valence electrons. The number of carbonyl (C=O) groups is 2. The number of rotatable bonds is 6. The lowest BCUT2D eigenvalue weighted by atomic mass is 9.97. The van der Waals surface area contributed by atoms with Gasteiger partial charge in [0.15, 0.2) is 6.61 Å². The number of fused-ring (bicyclic) bond motifs is 1. The number of ether oxygens (including phenoxy) is 1. The van der Waals surface area contributed by atoms with Crippen molar-refractivity contribution >= 4 is 11.8 Å². The predicted molar refractivity (Wildman–Crippen MR) is 116 cm³/mol. The van der Waals surface area contributed by atoms with E-state index in [-0.39, 0.29) is 30.8 Å². The highest BCUT2D eigenvalue weighted by Crippen LogP contribution is 2.29. The summed E-state index contributed by atoms with van der Waals surface area (Å²) in [6, 6.07) is 12.2. The maximum atomic E-state index is 14.0. The standard InChI is InChI=1S/C25H29FN2O3/c1-2-19-9-5-6-14-28(19)24(29)17-31-23-12-7-10-21-20(23)13-15-27(25(21)30)16-18-8-3-4-11-22(18)26/h3-4,7-8,10-12,19H,2,5-6,9,13-17H2,1H3. The van der Waals surface area contributed by atoms with Crippen molar-refractivity contribution in [2.24, 2.45) is 0 Å². The zero-order valence-electron chi connectivity index (χ0n) is 18.0. The van der Waals surface area contributed by atoms with E-state index in [0.717, 1.165) is 31.4 Å². The SMILES string of the molecule is CCC1CCCCN1C(=O)COc1cccc2c1CCN(Cc1ccccc1F)C2=O. The van der Waals surface area contributed by atoms with Gasteiger partial charge in [0.25, 0.3) is 11.8 Å². The van der Waals surface area contributed by atoms with Crippen LogP contribution in [-0.2, 0) is 17.8 Å². The van der Waals surface area contributed by atoms with Crippen molar-refractivity contribution in [3.8, 4) is 5.75 Å². The second-order valence-electron chi connectivity index (χ2n) is 8.28. The van der Waals surface area contributed by atoms with Crippen LogP contribution < -0.4 is 4.74 Å². The van der Waals surface area contributed by atoms with Gasteiger partial charge in [0.05, 0.1) is 0 Å². The Morgan fingerprint density at radius 3 is 2.77 bits per heavy atom. The van der Waals surface area contributed by atoms with Gasteiger partial charge in [0.1, 0.15) is 11.6 Å². The van der Waals surface area contributed by atoms with Gasteiger partial charge in [0, 0.05) is 42.4 Å². The first-order valence-corrected chi connectivity index (χ1v) is 11.1. The zero-order chi connectivity index (χ0) is 21.8. The number of benzene rings is 2. The average Bonchev–Trinajstić information content (AvgIpc) is 2.80. The molecule has 0 aliphatic carbocycles. The number of piperidine rings is 1. The minimum Gasteiger partial charge on any atom is -0.483 e. The van der Waals surface area contributed by atoms with E-state index in [4.69, 9.17) is 4.74 Å². The molecular weight excluding hydrogens is 395 g/mol. The third-order valence-electron chi connectivity index (χ3n) is 6.37. The van der Waals surface area contributed by atoms with E-state index in [1.165, 1.54) is 12.5 Å². The maximum absolute atomic E-state index is 14.0. The van der Waals surface area contributed by atoms with E-state index < -0.39 is 0 Å². The molecular formula is C25H29FN2O3. The fourth-order valence-corrected chi connectivity index (χ4v) is 4.64. The molecule has 0 saturated carbocycles. The molecule has 0 N–H and O–H groups in total. The highest BCUT2D eigenvalue weighted by molar-refractivity contribution is 5.97. The second-order valence-corrected chi connectivity index (χ2v) is 8.28. The van der Waals surface area contributed by atoms with E-state index >= 15 is 0 Å². The van der Waals surface area contributed by atoms with Gasteiger partial charge in [-0.2, -0.15) is 0 Å². The highest BCUT2D eigenvalue weighted by atomic mass is 19.1. The molecule has 2 amide bonds. The number of halogens is 1. The van der Waals surface area contributed by atoms with Gasteiger partial charge in [-0.25, -0.2) is 4.39 Å². The molecule has 2 heterocycles. The minimum absolute atomic E-state index is 0.00692. The molecule has 6 heteroatoms. The molecule has 31 heavy (non-hydrogen) atoms. The molecule has 1 atom stereocenters. The summed E-state index contributed by atoms with van der Waals surface area (Å²) < 4.78 is 19.9. The number of nitrogens with zero attached hydrogens (tertiary/aromatic N) is 2. The van der Waals surface area contributed by atoms with Gasteiger partial charge in [-0.3, -0.25) is 9.59 Å². The van der Waals surface area contributed by atoms with Gasteiger partial charge in [0.2, 0.25) is 0 Å². The first-order chi connectivity index (χ1) is 15.1. The lowest BCUT2D eigenvalue weighted by Gasteiger charge is -2.35. The van der Waals surface area contributed by atoms with Crippen LogP contribution in [-0.4, -0.2) is 47.4 Å². The number of carbonyl (C=O) groups excluding carboxylic acids is 2. The molecule has 1 unspecified atom stereocenters. The van der Waals surface area contributed by atoms with E-state index in [1.807, 2.05) is 11.0 Å². The van der Waals surface area contributed by atoms with Crippen LogP contribution in [0.1, 0.15) is 54.1 Å². The molecule has 2 aromatic rings. The molecule has 1 saturated heterocycles. The summed E-state index contributed by atoms with van der Waals surface area (Å²) in [5.41, 5.74) is 1.90. The van der Waals surface area contributed by atoms with E-state index in [2.05, 4.69) is 6.92 Å². The molecule has 0 aromatic heterocycles. The summed E-state index contributed by atoms with van der Waals surface area (Å²) in [4.78, 5) is 29.4.